The number of hydrogen-bond acceptors (Lipinski definition) is 4. The van der Waals surface area contributed by atoms with Crippen LogP contribution < -0.4 is 8.60 Å². The van der Waals surface area contributed by atoms with E-state index < -0.39 is 12.6 Å². The molecule has 0 fully saturated rings. The average Bonchev–Trinajstić information content (AvgIpc) is 2.60. The normalized spacial score (nSPS) is 13.0. The number of benzene rings is 2. The minimum Gasteiger partial charge on any atom is -0.448 e. The average molecular weight is 384 g/mol. The summed E-state index contributed by atoms with van der Waals surface area (Å²) in [6.45, 7) is 1.93. The molecule has 0 saturated carbocycles. The van der Waals surface area contributed by atoms with Crippen molar-refractivity contribution in [3.05, 3.63) is 60.7 Å². The van der Waals surface area contributed by atoms with Crippen molar-refractivity contribution in [2.45, 2.75) is 6.92 Å². The Morgan fingerprint density at radius 2 is 1.71 bits per heavy atom. The quantitative estimate of drug-likeness (QED) is 0.273. The first-order valence-electron chi connectivity index (χ1n) is 7.27. The van der Waals surface area contributed by atoms with Crippen LogP contribution in [0.3, 0.4) is 0 Å². The van der Waals surface area contributed by atoms with Crippen LogP contribution in [0.1, 0.15) is 6.92 Å². The summed E-state index contributed by atoms with van der Waals surface area (Å²) in [5.74, 6) is 0.651. The van der Waals surface area contributed by atoms with E-state index in [2.05, 4.69) is 0 Å². The Kier molecular flexibility index (Phi) is 6.66. The molecule has 0 heterocycles. The van der Waals surface area contributed by atoms with Gasteiger partial charge in [0.2, 0.25) is 6.42 Å². The second-order valence-corrected chi connectivity index (χ2v) is 10.3. The number of carbonyl (C=O) groups excluding carboxylic acids is 1. The number of anilines is 1. The first kappa shape index (κ1) is 18.8. The molecule has 0 aliphatic heterocycles. The molecule has 8 heteroatoms. The van der Waals surface area contributed by atoms with Crippen molar-refractivity contribution >= 4 is 42.2 Å². The van der Waals surface area contributed by atoms with Gasteiger partial charge in [-0.05, 0) is 36.1 Å². The number of halogens is 1. The van der Waals surface area contributed by atoms with E-state index in [9.17, 15) is 9.18 Å². The van der Waals surface area contributed by atoms with Gasteiger partial charge >= 0.3 is 6.16 Å². The largest absolute Gasteiger partial charge is 0.448 e. The summed E-state index contributed by atoms with van der Waals surface area (Å²) in [4.78, 5) is 11.0. The molecule has 0 aliphatic rings. The third-order valence-electron chi connectivity index (χ3n) is 3.09. The molecule has 0 radical (unpaired) electrons. The van der Waals surface area contributed by atoms with E-state index in [-0.39, 0.29) is 0 Å². The maximum Gasteiger partial charge on any atom is 0.411 e. The molecule has 1 unspecified atom stereocenters. The first-order valence-corrected chi connectivity index (χ1v) is 10.9. The maximum absolute atomic E-state index is 13.1. The topological polar surface area (TPSA) is 32.8 Å². The summed E-state index contributed by atoms with van der Waals surface area (Å²) < 4.78 is 21.8. The minimum atomic E-state index is -2.58. The van der Waals surface area contributed by atoms with E-state index in [0.29, 0.717) is 11.9 Å². The number of hydrogen-bond donors (Lipinski definition) is 0. The van der Waals surface area contributed by atoms with Gasteiger partial charge in [-0.3, -0.25) is 0 Å². The van der Waals surface area contributed by atoms with Gasteiger partial charge in [0.1, 0.15) is 5.75 Å². The fourth-order valence-electron chi connectivity index (χ4n) is 1.86. The predicted molar refractivity (Wildman–Crippen MR) is 103 cm³/mol. The van der Waals surface area contributed by atoms with Crippen LogP contribution in [0.15, 0.2) is 60.7 Å². The van der Waals surface area contributed by atoms with Gasteiger partial charge in [0.05, 0.1) is 17.8 Å². The van der Waals surface area contributed by atoms with Gasteiger partial charge < -0.3 is 4.52 Å². The Balaban J connectivity index is 2.38. The van der Waals surface area contributed by atoms with Crippen LogP contribution in [0.2, 0.25) is 0 Å². The number of nitrogens with zero attached hydrogens (tertiary/aromatic N) is 2. The van der Waals surface area contributed by atoms with Crippen molar-refractivity contribution in [1.82, 2.24) is 4.31 Å². The van der Waals surface area contributed by atoms with E-state index in [0.717, 1.165) is 22.1 Å². The van der Waals surface area contributed by atoms with Gasteiger partial charge in [0.25, 0.3) is 0 Å². The lowest BCUT2D eigenvalue weighted by molar-refractivity contribution is 0.209. The molecular formula is C16H18FN2O2PS2. The molecule has 0 spiro atoms. The fraction of sp³-hybridized carbons (Fsp3) is 0.188. The van der Waals surface area contributed by atoms with Gasteiger partial charge in [-0.25, -0.2) is 13.2 Å². The number of para-hydroxylation sites is 2. The van der Waals surface area contributed by atoms with Crippen LogP contribution in [0.5, 0.6) is 5.75 Å². The van der Waals surface area contributed by atoms with Crippen molar-refractivity contribution in [2.75, 3.05) is 17.3 Å². The van der Waals surface area contributed by atoms with E-state index in [1.165, 1.54) is 7.05 Å². The van der Waals surface area contributed by atoms with Crippen LogP contribution in [0, 0.1) is 0 Å². The molecule has 1 amide bonds. The summed E-state index contributed by atoms with van der Waals surface area (Å²) in [7, 11) is 1.36. The minimum absolute atomic E-state index is 0.549. The molecule has 0 N–H and O–H groups in total. The number of carbonyl (C=O) groups is 1. The molecule has 0 aromatic heterocycles. The molecule has 0 aliphatic carbocycles. The van der Waals surface area contributed by atoms with Crippen LogP contribution in [0.25, 0.3) is 0 Å². The van der Waals surface area contributed by atoms with Crippen molar-refractivity contribution in [3.8, 4) is 5.75 Å². The molecule has 24 heavy (non-hydrogen) atoms. The Labute approximate surface area is 151 Å². The summed E-state index contributed by atoms with van der Waals surface area (Å²) in [6, 6.07) is 18.6. The molecule has 128 valence electrons. The third kappa shape index (κ3) is 4.72. The highest BCUT2D eigenvalue weighted by atomic mass is 32.5. The molecule has 1 atom stereocenters. The first-order chi connectivity index (χ1) is 11.5. The monoisotopic (exact) mass is 384 g/mol. The highest BCUT2D eigenvalue weighted by Gasteiger charge is 2.30. The Morgan fingerprint density at radius 3 is 2.21 bits per heavy atom. The van der Waals surface area contributed by atoms with Gasteiger partial charge in [-0.2, -0.15) is 0 Å². The SMILES string of the molecule is CCP(=S)(Oc1ccccc1)N(SN(C)C(=O)F)c1ccccc1. The van der Waals surface area contributed by atoms with Crippen molar-refractivity contribution in [1.29, 1.82) is 0 Å². The van der Waals surface area contributed by atoms with Gasteiger partial charge in [0, 0.05) is 13.2 Å². The summed E-state index contributed by atoms with van der Waals surface area (Å²) >= 11 is 6.75. The summed E-state index contributed by atoms with van der Waals surface area (Å²) in [5.41, 5.74) is 0.761. The van der Waals surface area contributed by atoms with Crippen molar-refractivity contribution in [3.63, 3.8) is 0 Å². The Bertz CT molecular complexity index is 719. The molecule has 0 saturated heterocycles. The zero-order chi connectivity index (χ0) is 17.6. The predicted octanol–water partition coefficient (Wildman–Crippen LogP) is 5.49. The molecule has 4 nitrogen and oxygen atoms in total. The van der Waals surface area contributed by atoms with Crippen LogP contribution in [-0.4, -0.2) is 23.7 Å². The number of amides is 1. The smallest absolute Gasteiger partial charge is 0.411 e. The maximum atomic E-state index is 13.1. The zero-order valence-electron chi connectivity index (χ0n) is 13.3. The van der Waals surface area contributed by atoms with Gasteiger partial charge in [-0.1, -0.05) is 43.3 Å². The fourth-order valence-corrected chi connectivity index (χ4v) is 5.80. The van der Waals surface area contributed by atoms with Crippen LogP contribution in [-0.2, 0) is 11.8 Å². The van der Waals surface area contributed by atoms with E-state index >= 15 is 0 Å². The zero-order valence-corrected chi connectivity index (χ0v) is 15.9. The highest BCUT2D eigenvalue weighted by molar-refractivity contribution is 8.21. The van der Waals surface area contributed by atoms with Gasteiger partial charge in [-0.15, -0.1) is 4.39 Å². The van der Waals surface area contributed by atoms with E-state index in [1.54, 1.807) is 4.08 Å². The molecule has 2 aromatic carbocycles. The van der Waals surface area contributed by atoms with E-state index in [4.69, 9.17) is 16.3 Å². The molecular weight excluding hydrogens is 366 g/mol. The highest BCUT2D eigenvalue weighted by Crippen LogP contribution is 2.56. The second-order valence-electron chi connectivity index (χ2n) is 4.80. The van der Waals surface area contributed by atoms with Crippen LogP contribution in [0.4, 0.5) is 14.9 Å². The molecule has 2 rings (SSSR count). The van der Waals surface area contributed by atoms with Crippen molar-refractivity contribution < 1.29 is 13.7 Å². The van der Waals surface area contributed by atoms with E-state index in [1.807, 2.05) is 67.6 Å². The van der Waals surface area contributed by atoms with Gasteiger partial charge in [0.15, 0.2) is 0 Å². The number of rotatable bonds is 7. The lowest BCUT2D eigenvalue weighted by Gasteiger charge is -2.35. The Hall–Kier alpha value is -1.56. The molecule has 2 aromatic rings. The second kappa shape index (κ2) is 8.51. The lowest BCUT2D eigenvalue weighted by atomic mass is 10.3. The summed E-state index contributed by atoms with van der Waals surface area (Å²) in [5, 5.41) is 0. The van der Waals surface area contributed by atoms with Crippen molar-refractivity contribution in [2.24, 2.45) is 0 Å². The summed E-state index contributed by atoms with van der Waals surface area (Å²) in [6.07, 6.45) is -3.57. The lowest BCUT2D eigenvalue weighted by Crippen LogP contribution is -2.24. The third-order valence-corrected chi connectivity index (χ3v) is 8.73. The van der Waals surface area contributed by atoms with Crippen LogP contribution >= 0.6 is 18.5 Å². The Morgan fingerprint density at radius 1 is 1.17 bits per heavy atom. The standard InChI is InChI=1S/C16H18FN2O2PS2/c1-3-22(23,21-15-12-8-5-9-13-15)19(24-18(2)16(17)20)14-10-6-4-7-11-14/h4-13H,3H2,1-2H3. The molecule has 0 bridgehead atoms.